The molecule has 2 unspecified atom stereocenters. The van der Waals surface area contributed by atoms with E-state index in [1.165, 1.54) is 43.4 Å². The molecule has 242 valence electrons. The number of nitrogens with zero attached hydrogens (tertiary/aromatic N) is 5. The Balaban J connectivity index is 1.04. The first kappa shape index (κ1) is 29.6. The topological polar surface area (TPSA) is 61.2 Å². The zero-order valence-corrected chi connectivity index (χ0v) is 27.4. The third-order valence-electron chi connectivity index (χ3n) is 9.54. The summed E-state index contributed by atoms with van der Waals surface area (Å²) in [6.45, 7) is 6.09. The number of rotatable bonds is 11. The highest BCUT2D eigenvalue weighted by atomic mass is 16.6. The lowest BCUT2D eigenvalue weighted by atomic mass is 10.1. The molecule has 2 saturated heterocycles. The van der Waals surface area contributed by atoms with Gasteiger partial charge in [0.15, 0.2) is 0 Å². The zero-order chi connectivity index (χ0) is 32.7. The van der Waals surface area contributed by atoms with Crippen molar-refractivity contribution in [2.24, 2.45) is 10.2 Å². The fourth-order valence-corrected chi connectivity index (χ4v) is 6.76. The summed E-state index contributed by atoms with van der Waals surface area (Å²) in [6, 6.07) is 43.1. The average molecular weight is 644 g/mol. The number of hydrazone groups is 2. The maximum atomic E-state index is 5.59. The molecule has 0 radical (unpaired) electrons. The van der Waals surface area contributed by atoms with Crippen molar-refractivity contribution in [3.05, 3.63) is 132 Å². The van der Waals surface area contributed by atoms with E-state index in [0.717, 1.165) is 55.3 Å². The standard InChI is InChI=1S/C42H37N5O2/c1-2-45-41-17-11-29(23-43-46(25-37-27-48-37)35-15-13-31-7-3-5-9-33(31)21-35)19-39(41)40-20-30(12-18-42(40)45)24-44-47(26-38-28-49-38)36-16-14-32-8-4-6-10-34(32)22-36/h3-24,37-38H,2,25-28H2,1H3. The van der Waals surface area contributed by atoms with Gasteiger partial charge in [0.25, 0.3) is 0 Å². The van der Waals surface area contributed by atoms with E-state index in [0.29, 0.717) is 0 Å². The second-order valence-electron chi connectivity index (χ2n) is 12.9. The molecule has 0 amide bonds. The lowest BCUT2D eigenvalue weighted by molar-refractivity contribution is 0.408. The van der Waals surface area contributed by atoms with Crippen LogP contribution >= 0.6 is 0 Å². The summed E-state index contributed by atoms with van der Waals surface area (Å²) >= 11 is 0. The van der Waals surface area contributed by atoms with Crippen LogP contribution < -0.4 is 10.0 Å². The number of anilines is 2. The molecule has 0 spiro atoms. The third kappa shape index (κ3) is 6.15. The number of ether oxygens (including phenoxy) is 2. The maximum Gasteiger partial charge on any atom is 0.101 e. The molecule has 49 heavy (non-hydrogen) atoms. The molecule has 2 aliphatic heterocycles. The highest BCUT2D eigenvalue weighted by Gasteiger charge is 2.27. The Morgan fingerprint density at radius 1 is 0.592 bits per heavy atom. The van der Waals surface area contributed by atoms with Gasteiger partial charge in [-0.15, -0.1) is 0 Å². The summed E-state index contributed by atoms with van der Waals surface area (Å²) in [5, 5.41) is 21.4. The Hall–Kier alpha value is -5.50. The van der Waals surface area contributed by atoms with Crippen LogP contribution in [0, 0.1) is 0 Å². The van der Waals surface area contributed by atoms with E-state index in [9.17, 15) is 0 Å². The van der Waals surface area contributed by atoms with Crippen molar-refractivity contribution < 1.29 is 9.47 Å². The Morgan fingerprint density at radius 3 is 1.47 bits per heavy atom. The zero-order valence-electron chi connectivity index (χ0n) is 27.4. The number of benzene rings is 6. The minimum atomic E-state index is 0.211. The van der Waals surface area contributed by atoms with Crippen molar-refractivity contribution in [2.45, 2.75) is 25.7 Å². The molecular weight excluding hydrogens is 606 g/mol. The molecule has 0 N–H and O–H groups in total. The van der Waals surface area contributed by atoms with Crippen LogP contribution in [-0.2, 0) is 16.0 Å². The average Bonchev–Trinajstić information content (AvgIpc) is 4.10. The number of hydrogen-bond donors (Lipinski definition) is 0. The smallest absolute Gasteiger partial charge is 0.101 e. The fraction of sp³-hybridized carbons (Fsp3) is 0.190. The number of epoxide rings is 2. The predicted molar refractivity (Wildman–Crippen MR) is 202 cm³/mol. The number of fused-ring (bicyclic) bond motifs is 5. The van der Waals surface area contributed by atoms with Crippen LogP contribution in [0.2, 0.25) is 0 Å². The predicted octanol–water partition coefficient (Wildman–Crippen LogP) is 8.60. The van der Waals surface area contributed by atoms with Gasteiger partial charge < -0.3 is 14.0 Å². The molecule has 0 aliphatic carbocycles. The normalized spacial score (nSPS) is 17.2. The van der Waals surface area contributed by atoms with Crippen molar-refractivity contribution in [3.63, 3.8) is 0 Å². The van der Waals surface area contributed by atoms with Gasteiger partial charge in [-0.05, 0) is 88.1 Å². The van der Waals surface area contributed by atoms with Crippen molar-refractivity contribution >= 4 is 67.2 Å². The van der Waals surface area contributed by atoms with Crippen LogP contribution in [-0.4, -0.2) is 55.5 Å². The van der Waals surface area contributed by atoms with E-state index in [1.807, 2.05) is 12.4 Å². The molecule has 0 saturated carbocycles. The molecule has 1 aromatic heterocycles. The highest BCUT2D eigenvalue weighted by Crippen LogP contribution is 2.31. The van der Waals surface area contributed by atoms with Crippen molar-refractivity contribution in [1.29, 1.82) is 0 Å². The van der Waals surface area contributed by atoms with Gasteiger partial charge in [-0.1, -0.05) is 72.8 Å². The molecule has 3 heterocycles. The molecular formula is C42H37N5O2. The summed E-state index contributed by atoms with van der Waals surface area (Å²) < 4.78 is 13.6. The molecule has 2 fully saturated rings. The SMILES string of the molecule is CCn1c2ccc(C=NN(CC3CO3)c3ccc4ccccc4c3)cc2c2cc(C=NN(CC3CO3)c3ccc4ccccc4c3)ccc21. The molecule has 7 aromatic rings. The number of aromatic nitrogens is 1. The summed E-state index contributed by atoms with van der Waals surface area (Å²) in [6.07, 6.45) is 4.36. The Labute approximate surface area is 285 Å². The van der Waals surface area contributed by atoms with Gasteiger partial charge in [0.05, 0.1) is 50.1 Å². The second kappa shape index (κ2) is 12.5. The lowest BCUT2D eigenvalue weighted by Crippen LogP contribution is -2.22. The first-order chi connectivity index (χ1) is 24.2. The molecule has 7 nitrogen and oxygen atoms in total. The quantitative estimate of drug-likeness (QED) is 0.0805. The van der Waals surface area contributed by atoms with E-state index in [4.69, 9.17) is 19.7 Å². The lowest BCUT2D eigenvalue weighted by Gasteiger charge is -2.18. The Morgan fingerprint density at radius 2 is 1.04 bits per heavy atom. The first-order valence-corrected chi connectivity index (χ1v) is 17.1. The molecule has 7 heteroatoms. The number of aryl methyl sites for hydroxylation is 1. The van der Waals surface area contributed by atoms with Gasteiger partial charge in [0, 0.05) is 28.4 Å². The Kier molecular flexibility index (Phi) is 7.56. The first-order valence-electron chi connectivity index (χ1n) is 17.1. The highest BCUT2D eigenvalue weighted by molar-refractivity contribution is 6.11. The monoisotopic (exact) mass is 643 g/mol. The van der Waals surface area contributed by atoms with Crippen LogP contribution in [0.25, 0.3) is 43.4 Å². The Bertz CT molecular complexity index is 2220. The van der Waals surface area contributed by atoms with Gasteiger partial charge >= 0.3 is 0 Å². The van der Waals surface area contributed by atoms with E-state index >= 15 is 0 Å². The number of hydrogen-bond acceptors (Lipinski definition) is 6. The molecule has 6 aromatic carbocycles. The van der Waals surface area contributed by atoms with Crippen LogP contribution in [0.15, 0.2) is 132 Å². The minimum absolute atomic E-state index is 0.211. The van der Waals surface area contributed by atoms with Crippen LogP contribution in [0.4, 0.5) is 11.4 Å². The van der Waals surface area contributed by atoms with E-state index in [-0.39, 0.29) is 12.2 Å². The van der Waals surface area contributed by atoms with Gasteiger partial charge in [0.1, 0.15) is 12.2 Å². The van der Waals surface area contributed by atoms with E-state index < -0.39 is 0 Å². The molecule has 9 rings (SSSR count). The van der Waals surface area contributed by atoms with Gasteiger partial charge in [-0.2, -0.15) is 10.2 Å². The molecule has 0 bridgehead atoms. The van der Waals surface area contributed by atoms with E-state index in [2.05, 4.69) is 143 Å². The van der Waals surface area contributed by atoms with Gasteiger partial charge in [-0.25, -0.2) is 0 Å². The minimum Gasteiger partial charge on any atom is -0.371 e. The third-order valence-corrected chi connectivity index (χ3v) is 9.54. The summed E-state index contributed by atoms with van der Waals surface area (Å²) in [5.41, 5.74) is 6.65. The van der Waals surface area contributed by atoms with Crippen LogP contribution in [0.1, 0.15) is 18.1 Å². The van der Waals surface area contributed by atoms with Crippen LogP contribution in [0.3, 0.4) is 0 Å². The molecule has 2 aliphatic rings. The maximum absolute atomic E-state index is 5.59. The summed E-state index contributed by atoms with van der Waals surface area (Å²) in [5.74, 6) is 0. The fourth-order valence-electron chi connectivity index (χ4n) is 6.76. The second-order valence-corrected chi connectivity index (χ2v) is 12.9. The summed E-state index contributed by atoms with van der Waals surface area (Å²) in [7, 11) is 0. The van der Waals surface area contributed by atoms with Crippen molar-refractivity contribution in [1.82, 2.24) is 4.57 Å². The van der Waals surface area contributed by atoms with Gasteiger partial charge in [0.2, 0.25) is 0 Å². The molecule has 2 atom stereocenters. The van der Waals surface area contributed by atoms with Crippen molar-refractivity contribution in [2.75, 3.05) is 36.3 Å². The van der Waals surface area contributed by atoms with Gasteiger partial charge in [-0.3, -0.25) is 10.0 Å². The largest absolute Gasteiger partial charge is 0.371 e. The van der Waals surface area contributed by atoms with Crippen molar-refractivity contribution in [3.8, 4) is 0 Å². The summed E-state index contributed by atoms with van der Waals surface area (Å²) in [4.78, 5) is 0. The van der Waals surface area contributed by atoms with E-state index in [1.54, 1.807) is 0 Å². The van der Waals surface area contributed by atoms with Crippen LogP contribution in [0.5, 0.6) is 0 Å².